The number of nitrogens with zero attached hydrogens (tertiary/aromatic N) is 5. The molecule has 3 unspecified atom stereocenters. The van der Waals surface area contributed by atoms with Crippen molar-refractivity contribution in [2.75, 3.05) is 24.3 Å². The van der Waals surface area contributed by atoms with Gasteiger partial charge in [-0.05, 0) is 78.5 Å². The van der Waals surface area contributed by atoms with Crippen molar-refractivity contribution < 1.29 is 17.6 Å². The number of rotatable bonds is 8. The third-order valence-electron chi connectivity index (χ3n) is 10.7. The second-order valence-corrected chi connectivity index (χ2v) is 16.8. The van der Waals surface area contributed by atoms with E-state index in [9.17, 15) is 8.42 Å². The molecule has 1 N–H and O–H groups in total. The number of fused-ring (bicyclic) bond motifs is 4. The molecule has 7 heterocycles. The van der Waals surface area contributed by atoms with E-state index < -0.39 is 9.84 Å². The lowest BCUT2D eigenvalue weighted by molar-refractivity contribution is 0.149. The topological polar surface area (TPSA) is 133 Å². The summed E-state index contributed by atoms with van der Waals surface area (Å²) in [5, 5.41) is 13.3. The summed E-state index contributed by atoms with van der Waals surface area (Å²) < 4.78 is 41.0. The first kappa shape index (κ1) is 29.4. The zero-order chi connectivity index (χ0) is 32.0. The van der Waals surface area contributed by atoms with E-state index in [1.165, 1.54) is 5.56 Å². The Balaban J connectivity index is 1.22. The van der Waals surface area contributed by atoms with Crippen molar-refractivity contribution in [3.63, 3.8) is 0 Å². The first-order valence-electron chi connectivity index (χ1n) is 16.5. The Morgan fingerprint density at radius 1 is 1.09 bits per heavy atom. The molecule has 0 radical (unpaired) electrons. The van der Waals surface area contributed by atoms with Gasteiger partial charge in [-0.1, -0.05) is 19.9 Å². The SMILES string of the molecule is Cc1nnc(-c2c(CCC3C4COCC34)nc3c(c2-c2cc4ccnc(NC5CCc6ncccc65)c4s2)S(=O)(=O)C[C@@H]3C(C)C)o1. The minimum atomic E-state index is -3.65. The second-order valence-electron chi connectivity index (χ2n) is 13.8. The maximum absolute atomic E-state index is 14.2. The molecule has 1 saturated heterocycles. The van der Waals surface area contributed by atoms with Crippen LogP contribution in [-0.2, 0) is 27.4 Å². The van der Waals surface area contributed by atoms with Crippen molar-refractivity contribution in [3.8, 4) is 21.9 Å². The lowest BCUT2D eigenvalue weighted by Crippen LogP contribution is -2.11. The van der Waals surface area contributed by atoms with Crippen LogP contribution in [0.4, 0.5) is 5.82 Å². The minimum Gasteiger partial charge on any atom is -0.421 e. The third-order valence-corrected chi connectivity index (χ3v) is 13.7. The van der Waals surface area contributed by atoms with Crippen molar-refractivity contribution in [2.45, 2.75) is 63.3 Å². The van der Waals surface area contributed by atoms with Gasteiger partial charge in [0.15, 0.2) is 9.84 Å². The quantitative estimate of drug-likeness (QED) is 0.194. The van der Waals surface area contributed by atoms with Crippen LogP contribution < -0.4 is 5.32 Å². The number of sulfone groups is 1. The summed E-state index contributed by atoms with van der Waals surface area (Å²) in [6.45, 7) is 7.58. The summed E-state index contributed by atoms with van der Waals surface area (Å²) in [5.41, 5.74) is 5.11. The Morgan fingerprint density at radius 3 is 2.72 bits per heavy atom. The van der Waals surface area contributed by atoms with Crippen LogP contribution in [0, 0.1) is 30.6 Å². The number of nitrogens with one attached hydrogen (secondary N) is 1. The molecule has 4 aliphatic rings. The zero-order valence-electron chi connectivity index (χ0n) is 26.6. The van der Waals surface area contributed by atoms with Crippen LogP contribution in [0.5, 0.6) is 0 Å². The van der Waals surface area contributed by atoms with Gasteiger partial charge in [0.2, 0.25) is 11.8 Å². The predicted molar refractivity (Wildman–Crippen MR) is 179 cm³/mol. The summed E-state index contributed by atoms with van der Waals surface area (Å²) in [4.78, 5) is 15.7. The summed E-state index contributed by atoms with van der Waals surface area (Å²) in [7, 11) is -3.65. The van der Waals surface area contributed by atoms with E-state index in [-0.39, 0.29) is 23.6 Å². The predicted octanol–water partition coefficient (Wildman–Crippen LogP) is 6.56. The first-order valence-corrected chi connectivity index (χ1v) is 19.0. The molecule has 0 amide bonds. The van der Waals surface area contributed by atoms with E-state index in [4.69, 9.17) is 19.1 Å². The van der Waals surface area contributed by atoms with Crippen LogP contribution in [0.1, 0.15) is 67.2 Å². The van der Waals surface area contributed by atoms with Crippen LogP contribution in [0.3, 0.4) is 0 Å². The molecule has 2 aliphatic heterocycles. The molecule has 9 rings (SSSR count). The normalized spacial score (nSPS) is 25.3. The van der Waals surface area contributed by atoms with Crippen molar-refractivity contribution >= 4 is 37.1 Å². The molecule has 2 aliphatic carbocycles. The molecule has 0 aromatic carbocycles. The lowest BCUT2D eigenvalue weighted by Gasteiger charge is -2.18. The van der Waals surface area contributed by atoms with Gasteiger partial charge >= 0.3 is 0 Å². The van der Waals surface area contributed by atoms with Crippen molar-refractivity contribution in [1.29, 1.82) is 0 Å². The van der Waals surface area contributed by atoms with Crippen LogP contribution in [0.15, 0.2) is 46.0 Å². The molecule has 12 heteroatoms. The molecular formula is C35H36N6O4S2. The Hall–Kier alpha value is -3.74. The molecule has 4 atom stereocenters. The van der Waals surface area contributed by atoms with E-state index in [0.717, 1.165) is 64.6 Å². The Morgan fingerprint density at radius 2 is 1.94 bits per heavy atom. The molecule has 5 aromatic heterocycles. The second kappa shape index (κ2) is 10.9. The molecule has 10 nitrogen and oxygen atoms in total. The van der Waals surface area contributed by atoms with E-state index in [2.05, 4.69) is 46.5 Å². The molecular weight excluding hydrogens is 633 g/mol. The van der Waals surface area contributed by atoms with Gasteiger partial charge in [-0.3, -0.25) is 9.97 Å². The van der Waals surface area contributed by atoms with Crippen molar-refractivity contribution in [1.82, 2.24) is 25.1 Å². The van der Waals surface area contributed by atoms with E-state index in [1.54, 1.807) is 18.3 Å². The maximum atomic E-state index is 14.2. The zero-order valence-corrected chi connectivity index (χ0v) is 28.2. The maximum Gasteiger partial charge on any atom is 0.250 e. The minimum absolute atomic E-state index is 0.0459. The Bertz CT molecular complexity index is 2150. The number of pyridine rings is 3. The standard InChI is InChI=1S/C35H36N6O4S2/c1-17(2)24-16-47(42,43)33-30(28-13-19-10-12-37-34(32(19)46-28)39-26-9-8-25-21(26)5-4-11-36-25)29(35-41-40-18(3)45-35)27(38-31(24)33)7-6-20-22-14-44-15-23(20)22/h4-5,10-13,17,20,22-24,26H,6-9,14-16H2,1-3H3,(H,37,39)/t20?,22?,23?,24-,26?/m1/s1. The summed E-state index contributed by atoms with van der Waals surface area (Å²) >= 11 is 1.55. The molecule has 5 aromatic rings. The fourth-order valence-electron chi connectivity index (χ4n) is 8.16. The van der Waals surface area contributed by atoms with Gasteiger partial charge in [-0.15, -0.1) is 21.5 Å². The number of ether oxygens (including phenoxy) is 1. The van der Waals surface area contributed by atoms with E-state index >= 15 is 0 Å². The fraction of sp³-hybridized carbons (Fsp3) is 0.457. The highest BCUT2D eigenvalue weighted by Crippen LogP contribution is 2.55. The molecule has 0 spiro atoms. The smallest absolute Gasteiger partial charge is 0.250 e. The van der Waals surface area contributed by atoms with Gasteiger partial charge in [0.25, 0.3) is 0 Å². The van der Waals surface area contributed by atoms with Crippen LogP contribution in [0.25, 0.3) is 32.0 Å². The largest absolute Gasteiger partial charge is 0.421 e. The highest BCUT2D eigenvalue weighted by Gasteiger charge is 2.53. The third kappa shape index (κ3) is 4.82. The summed E-state index contributed by atoms with van der Waals surface area (Å²) in [6, 6.07) is 8.29. The monoisotopic (exact) mass is 668 g/mol. The average molecular weight is 669 g/mol. The fourth-order valence-corrected chi connectivity index (χ4v) is 11.6. The van der Waals surface area contributed by atoms with Crippen LogP contribution in [0.2, 0.25) is 0 Å². The van der Waals surface area contributed by atoms with Crippen molar-refractivity contribution in [3.05, 3.63) is 65.2 Å². The molecule has 0 bridgehead atoms. The molecule has 242 valence electrons. The summed E-state index contributed by atoms with van der Waals surface area (Å²) in [6.07, 6.45) is 7.18. The van der Waals surface area contributed by atoms with Crippen LogP contribution in [-0.4, -0.2) is 52.5 Å². The number of hydrogen-bond donors (Lipinski definition) is 1. The highest BCUT2D eigenvalue weighted by molar-refractivity contribution is 7.92. The molecule has 47 heavy (non-hydrogen) atoms. The van der Waals surface area contributed by atoms with Crippen molar-refractivity contribution in [2.24, 2.45) is 23.7 Å². The van der Waals surface area contributed by atoms with Gasteiger partial charge < -0.3 is 14.5 Å². The molecule has 2 fully saturated rings. The van der Waals surface area contributed by atoms with Gasteiger partial charge in [0.05, 0.1) is 51.6 Å². The highest BCUT2D eigenvalue weighted by atomic mass is 32.2. The summed E-state index contributed by atoms with van der Waals surface area (Å²) in [5.74, 6) is 3.32. The number of hydrogen-bond acceptors (Lipinski definition) is 11. The van der Waals surface area contributed by atoms with Crippen LogP contribution >= 0.6 is 11.3 Å². The Labute approximate surface area is 277 Å². The number of aromatic nitrogens is 5. The number of aryl methyl sites for hydroxylation is 3. The number of anilines is 1. The van der Waals surface area contributed by atoms with E-state index in [0.29, 0.717) is 57.7 Å². The molecule has 1 saturated carbocycles. The van der Waals surface area contributed by atoms with Gasteiger partial charge in [0, 0.05) is 41.4 Å². The lowest BCUT2D eigenvalue weighted by atomic mass is 9.90. The number of thiophene rings is 1. The van der Waals surface area contributed by atoms with E-state index in [1.807, 2.05) is 24.5 Å². The van der Waals surface area contributed by atoms with Gasteiger partial charge in [-0.25, -0.2) is 13.4 Å². The average Bonchev–Trinajstić information content (AvgIpc) is 3.71. The first-order chi connectivity index (χ1) is 22.8. The van der Waals surface area contributed by atoms with Gasteiger partial charge in [-0.2, -0.15) is 0 Å². The van der Waals surface area contributed by atoms with Gasteiger partial charge in [0.1, 0.15) is 5.82 Å². The Kier molecular flexibility index (Phi) is 6.82.